The molecule has 17 heavy (non-hydrogen) atoms. The molecule has 0 saturated carbocycles. The van der Waals surface area contributed by atoms with Gasteiger partial charge in [-0.2, -0.15) is 0 Å². The van der Waals surface area contributed by atoms with Gasteiger partial charge in [0.2, 0.25) is 0 Å². The molecule has 2 nitrogen and oxygen atoms in total. The highest BCUT2D eigenvalue weighted by molar-refractivity contribution is 4.51. The van der Waals surface area contributed by atoms with Gasteiger partial charge in [-0.05, 0) is 32.4 Å². The summed E-state index contributed by atoms with van der Waals surface area (Å²) in [6, 6.07) is 0. The summed E-state index contributed by atoms with van der Waals surface area (Å²) in [7, 11) is 0. The third-order valence-electron chi connectivity index (χ3n) is 3.22. The third-order valence-corrected chi connectivity index (χ3v) is 3.22. The van der Waals surface area contributed by atoms with Crippen molar-refractivity contribution >= 4 is 0 Å². The summed E-state index contributed by atoms with van der Waals surface area (Å²) in [6.07, 6.45) is 14.4. The predicted molar refractivity (Wildman–Crippen MR) is 76.4 cm³/mol. The number of hydrogen-bond acceptors (Lipinski definition) is 2. The Morgan fingerprint density at radius 2 is 1.12 bits per heavy atom. The van der Waals surface area contributed by atoms with E-state index in [4.69, 9.17) is 5.11 Å². The normalized spacial score (nSPS) is 10.9. The van der Waals surface area contributed by atoms with Gasteiger partial charge >= 0.3 is 0 Å². The largest absolute Gasteiger partial charge is 0.396 e. The average Bonchev–Trinajstić information content (AvgIpc) is 2.35. The molecular weight excluding hydrogens is 210 g/mol. The first kappa shape index (κ1) is 16.9. The summed E-state index contributed by atoms with van der Waals surface area (Å²) in [6.45, 7) is 4.96. The molecule has 0 aromatic heterocycles. The zero-order valence-electron chi connectivity index (χ0n) is 11.8. The van der Waals surface area contributed by atoms with Crippen molar-refractivity contribution in [3.63, 3.8) is 0 Å². The summed E-state index contributed by atoms with van der Waals surface area (Å²) >= 11 is 0. The molecule has 0 amide bonds. The van der Waals surface area contributed by atoms with Crippen LogP contribution < -0.4 is 5.32 Å². The van der Waals surface area contributed by atoms with E-state index >= 15 is 0 Å². The lowest BCUT2D eigenvalue weighted by Gasteiger charge is -2.04. The molecule has 0 aromatic rings. The van der Waals surface area contributed by atoms with Gasteiger partial charge in [0.1, 0.15) is 0 Å². The van der Waals surface area contributed by atoms with Crippen molar-refractivity contribution in [1.29, 1.82) is 0 Å². The van der Waals surface area contributed by atoms with Gasteiger partial charge in [-0.15, -0.1) is 0 Å². The molecule has 0 aliphatic heterocycles. The molecule has 0 fully saturated rings. The molecule has 2 heteroatoms. The van der Waals surface area contributed by atoms with Crippen molar-refractivity contribution in [3.05, 3.63) is 0 Å². The summed E-state index contributed by atoms with van der Waals surface area (Å²) in [5, 5.41) is 12.1. The van der Waals surface area contributed by atoms with Crippen LogP contribution in [0, 0.1) is 0 Å². The first-order valence-electron chi connectivity index (χ1n) is 7.73. The highest BCUT2D eigenvalue weighted by Gasteiger charge is 1.92. The lowest BCUT2D eigenvalue weighted by atomic mass is 10.1. The van der Waals surface area contributed by atoms with Crippen LogP contribution in [0.2, 0.25) is 0 Å². The second-order valence-electron chi connectivity index (χ2n) is 5.01. The zero-order chi connectivity index (χ0) is 12.6. The third kappa shape index (κ3) is 15.9. The zero-order valence-corrected chi connectivity index (χ0v) is 11.8. The van der Waals surface area contributed by atoms with Crippen LogP contribution in [0.15, 0.2) is 0 Å². The van der Waals surface area contributed by atoms with Crippen molar-refractivity contribution in [2.75, 3.05) is 19.7 Å². The molecule has 0 unspecified atom stereocenters. The topological polar surface area (TPSA) is 32.3 Å². The van der Waals surface area contributed by atoms with Gasteiger partial charge in [0.25, 0.3) is 0 Å². The average molecular weight is 243 g/mol. The Bertz CT molecular complexity index is 114. The van der Waals surface area contributed by atoms with Gasteiger partial charge < -0.3 is 10.4 Å². The maximum Gasteiger partial charge on any atom is 0.0431 e. The summed E-state index contributed by atoms with van der Waals surface area (Å²) < 4.78 is 0. The van der Waals surface area contributed by atoms with Gasteiger partial charge in [-0.1, -0.05) is 58.3 Å². The molecule has 0 spiro atoms. The van der Waals surface area contributed by atoms with Gasteiger partial charge in [0.05, 0.1) is 0 Å². The molecule has 0 heterocycles. The van der Waals surface area contributed by atoms with Crippen molar-refractivity contribution in [2.45, 2.75) is 77.6 Å². The van der Waals surface area contributed by atoms with Crippen LogP contribution >= 0.6 is 0 Å². The number of rotatable bonds is 14. The lowest BCUT2D eigenvalue weighted by Crippen LogP contribution is -2.16. The Hall–Kier alpha value is -0.0800. The van der Waals surface area contributed by atoms with Gasteiger partial charge in [-0.3, -0.25) is 0 Å². The molecule has 2 N–H and O–H groups in total. The predicted octanol–water partition coefficient (Wildman–Crippen LogP) is 3.88. The molecule has 0 rings (SSSR count). The standard InChI is InChI=1S/C15H33NO/c1-2-3-4-5-6-7-10-13-16-14-11-8-9-12-15-17/h16-17H,2-15H2,1H3. The fourth-order valence-corrected chi connectivity index (χ4v) is 2.05. The fraction of sp³-hybridized carbons (Fsp3) is 1.00. The Morgan fingerprint density at radius 3 is 1.65 bits per heavy atom. The maximum atomic E-state index is 8.63. The summed E-state index contributed by atoms with van der Waals surface area (Å²) in [4.78, 5) is 0. The van der Waals surface area contributed by atoms with Gasteiger partial charge in [0.15, 0.2) is 0 Å². The molecule has 0 aliphatic carbocycles. The molecule has 0 atom stereocenters. The highest BCUT2D eigenvalue weighted by atomic mass is 16.2. The minimum absolute atomic E-state index is 0.353. The van der Waals surface area contributed by atoms with E-state index in [1.165, 1.54) is 70.8 Å². The van der Waals surface area contributed by atoms with Crippen LogP contribution in [-0.4, -0.2) is 24.8 Å². The maximum absolute atomic E-state index is 8.63. The number of aliphatic hydroxyl groups is 1. The molecule has 104 valence electrons. The lowest BCUT2D eigenvalue weighted by molar-refractivity contribution is 0.282. The fourth-order valence-electron chi connectivity index (χ4n) is 2.05. The SMILES string of the molecule is CCCCCCCCCNCCCCCCO. The van der Waals surface area contributed by atoms with Crippen molar-refractivity contribution in [1.82, 2.24) is 5.32 Å². The van der Waals surface area contributed by atoms with E-state index in [2.05, 4.69) is 12.2 Å². The molecule has 0 saturated heterocycles. The summed E-state index contributed by atoms with van der Waals surface area (Å²) in [5.74, 6) is 0. The molecule has 0 aromatic carbocycles. The smallest absolute Gasteiger partial charge is 0.0431 e. The molecular formula is C15H33NO. The number of unbranched alkanes of at least 4 members (excludes halogenated alkanes) is 9. The van der Waals surface area contributed by atoms with Crippen LogP contribution in [0.1, 0.15) is 77.6 Å². The monoisotopic (exact) mass is 243 g/mol. The Balaban J connectivity index is 2.85. The Morgan fingerprint density at radius 1 is 0.647 bits per heavy atom. The van der Waals surface area contributed by atoms with Crippen LogP contribution in [0.5, 0.6) is 0 Å². The van der Waals surface area contributed by atoms with E-state index in [1.807, 2.05) is 0 Å². The van der Waals surface area contributed by atoms with Gasteiger partial charge in [-0.25, -0.2) is 0 Å². The van der Waals surface area contributed by atoms with Crippen LogP contribution in [-0.2, 0) is 0 Å². The van der Waals surface area contributed by atoms with E-state index in [-0.39, 0.29) is 0 Å². The van der Waals surface area contributed by atoms with E-state index in [1.54, 1.807) is 0 Å². The van der Waals surface area contributed by atoms with E-state index in [0.717, 1.165) is 13.0 Å². The number of hydrogen-bond donors (Lipinski definition) is 2. The van der Waals surface area contributed by atoms with E-state index in [0.29, 0.717) is 6.61 Å². The van der Waals surface area contributed by atoms with Crippen LogP contribution in [0.25, 0.3) is 0 Å². The quantitative estimate of drug-likeness (QED) is 0.454. The molecule has 0 aliphatic rings. The summed E-state index contributed by atoms with van der Waals surface area (Å²) in [5.41, 5.74) is 0. The first-order chi connectivity index (χ1) is 8.41. The van der Waals surface area contributed by atoms with E-state index in [9.17, 15) is 0 Å². The van der Waals surface area contributed by atoms with E-state index < -0.39 is 0 Å². The Labute approximate surface area is 108 Å². The minimum Gasteiger partial charge on any atom is -0.396 e. The number of nitrogens with one attached hydrogen (secondary N) is 1. The number of aliphatic hydroxyl groups excluding tert-OH is 1. The second-order valence-corrected chi connectivity index (χ2v) is 5.01. The van der Waals surface area contributed by atoms with Crippen LogP contribution in [0.4, 0.5) is 0 Å². The van der Waals surface area contributed by atoms with Crippen molar-refractivity contribution < 1.29 is 5.11 Å². The van der Waals surface area contributed by atoms with Crippen LogP contribution in [0.3, 0.4) is 0 Å². The molecule has 0 radical (unpaired) electrons. The van der Waals surface area contributed by atoms with Gasteiger partial charge in [0, 0.05) is 6.61 Å². The highest BCUT2D eigenvalue weighted by Crippen LogP contribution is 2.06. The first-order valence-corrected chi connectivity index (χ1v) is 7.73. The second kappa shape index (κ2) is 15.9. The minimum atomic E-state index is 0.353. The molecule has 0 bridgehead atoms. The van der Waals surface area contributed by atoms with Crippen molar-refractivity contribution in [2.24, 2.45) is 0 Å². The van der Waals surface area contributed by atoms with Crippen molar-refractivity contribution in [3.8, 4) is 0 Å². The Kier molecular flexibility index (Phi) is 15.8.